The molecule has 1 atom stereocenters. The SMILES string of the molecule is Cc1ccc(CN2CC(c3nc(-c4ccc(F)cc4)no3)CC2=O)cc1. The molecule has 0 radical (unpaired) electrons. The summed E-state index contributed by atoms with van der Waals surface area (Å²) in [5.74, 6) is 0.505. The van der Waals surface area contributed by atoms with Crippen LogP contribution in [0.1, 0.15) is 29.4 Å². The van der Waals surface area contributed by atoms with Crippen LogP contribution in [0.2, 0.25) is 0 Å². The highest BCUT2D eigenvalue weighted by Crippen LogP contribution is 2.29. The molecule has 132 valence electrons. The molecule has 1 aromatic heterocycles. The van der Waals surface area contributed by atoms with Crippen LogP contribution >= 0.6 is 0 Å². The molecule has 5 nitrogen and oxygen atoms in total. The number of carbonyl (C=O) groups excluding carboxylic acids is 1. The van der Waals surface area contributed by atoms with Crippen LogP contribution in [-0.4, -0.2) is 27.5 Å². The van der Waals surface area contributed by atoms with Gasteiger partial charge in [-0.3, -0.25) is 4.79 Å². The summed E-state index contributed by atoms with van der Waals surface area (Å²) in [4.78, 5) is 18.6. The topological polar surface area (TPSA) is 59.2 Å². The van der Waals surface area contributed by atoms with Gasteiger partial charge in [-0.05, 0) is 36.8 Å². The fourth-order valence-electron chi connectivity index (χ4n) is 3.12. The third-order valence-electron chi connectivity index (χ3n) is 4.60. The normalized spacial score (nSPS) is 17.1. The van der Waals surface area contributed by atoms with Crippen molar-refractivity contribution in [1.29, 1.82) is 0 Å². The zero-order valence-electron chi connectivity index (χ0n) is 14.4. The number of aromatic nitrogens is 2. The van der Waals surface area contributed by atoms with Gasteiger partial charge in [0.15, 0.2) is 0 Å². The fourth-order valence-corrected chi connectivity index (χ4v) is 3.12. The highest BCUT2D eigenvalue weighted by molar-refractivity contribution is 5.79. The third kappa shape index (κ3) is 3.35. The Bertz CT molecular complexity index is 919. The number of amides is 1. The van der Waals surface area contributed by atoms with E-state index in [-0.39, 0.29) is 17.6 Å². The fraction of sp³-hybridized carbons (Fsp3) is 0.250. The second kappa shape index (κ2) is 6.71. The van der Waals surface area contributed by atoms with Crippen LogP contribution in [0.4, 0.5) is 4.39 Å². The number of hydrogen-bond acceptors (Lipinski definition) is 4. The maximum absolute atomic E-state index is 13.0. The molecule has 0 aliphatic carbocycles. The molecule has 4 rings (SSSR count). The van der Waals surface area contributed by atoms with Crippen molar-refractivity contribution in [2.45, 2.75) is 25.8 Å². The Morgan fingerprint density at radius 2 is 1.88 bits per heavy atom. The largest absolute Gasteiger partial charge is 0.339 e. The summed E-state index contributed by atoms with van der Waals surface area (Å²) in [5, 5.41) is 3.97. The van der Waals surface area contributed by atoms with Gasteiger partial charge in [-0.25, -0.2) is 4.39 Å². The number of rotatable bonds is 4. The molecular weight excluding hydrogens is 333 g/mol. The lowest BCUT2D eigenvalue weighted by atomic mass is 10.1. The van der Waals surface area contributed by atoms with Crippen LogP contribution in [0.15, 0.2) is 53.1 Å². The van der Waals surface area contributed by atoms with Gasteiger partial charge in [0.1, 0.15) is 5.82 Å². The molecule has 1 fully saturated rings. The highest BCUT2D eigenvalue weighted by Gasteiger charge is 2.34. The van der Waals surface area contributed by atoms with E-state index < -0.39 is 0 Å². The minimum atomic E-state index is -0.314. The molecule has 3 aromatic rings. The van der Waals surface area contributed by atoms with Crippen LogP contribution < -0.4 is 0 Å². The molecule has 2 aromatic carbocycles. The average Bonchev–Trinajstić information content (AvgIpc) is 3.25. The van der Waals surface area contributed by atoms with Gasteiger partial charge in [0.25, 0.3) is 0 Å². The lowest BCUT2D eigenvalue weighted by molar-refractivity contribution is -0.128. The molecule has 1 saturated heterocycles. The van der Waals surface area contributed by atoms with Crippen molar-refractivity contribution >= 4 is 5.91 Å². The van der Waals surface area contributed by atoms with Gasteiger partial charge >= 0.3 is 0 Å². The summed E-state index contributed by atoms with van der Waals surface area (Å²) < 4.78 is 18.4. The molecular formula is C20H18FN3O2. The first-order chi connectivity index (χ1) is 12.6. The number of nitrogens with zero attached hydrogens (tertiary/aromatic N) is 3. The second-order valence-electron chi connectivity index (χ2n) is 6.62. The Morgan fingerprint density at radius 1 is 1.15 bits per heavy atom. The lowest BCUT2D eigenvalue weighted by Gasteiger charge is -2.16. The van der Waals surface area contributed by atoms with Crippen molar-refractivity contribution in [2.24, 2.45) is 0 Å². The Kier molecular flexibility index (Phi) is 4.24. The summed E-state index contributed by atoms with van der Waals surface area (Å²) in [6, 6.07) is 14.1. The first-order valence-electron chi connectivity index (χ1n) is 8.51. The summed E-state index contributed by atoms with van der Waals surface area (Å²) in [5.41, 5.74) is 2.97. The van der Waals surface area contributed by atoms with Gasteiger partial charge < -0.3 is 9.42 Å². The van der Waals surface area contributed by atoms with E-state index in [0.29, 0.717) is 36.8 Å². The Balaban J connectivity index is 1.47. The zero-order valence-corrected chi connectivity index (χ0v) is 14.4. The van der Waals surface area contributed by atoms with Crippen LogP contribution in [0, 0.1) is 12.7 Å². The first-order valence-corrected chi connectivity index (χ1v) is 8.51. The van der Waals surface area contributed by atoms with E-state index in [2.05, 4.69) is 10.1 Å². The molecule has 2 heterocycles. The molecule has 0 spiro atoms. The van der Waals surface area contributed by atoms with E-state index >= 15 is 0 Å². The second-order valence-corrected chi connectivity index (χ2v) is 6.62. The molecule has 1 unspecified atom stereocenters. The third-order valence-corrected chi connectivity index (χ3v) is 4.60. The van der Waals surface area contributed by atoms with Crippen LogP contribution in [-0.2, 0) is 11.3 Å². The van der Waals surface area contributed by atoms with E-state index in [4.69, 9.17) is 4.52 Å². The summed E-state index contributed by atoms with van der Waals surface area (Å²) in [6.45, 7) is 3.17. The van der Waals surface area contributed by atoms with Crippen LogP contribution in [0.3, 0.4) is 0 Å². The summed E-state index contributed by atoms with van der Waals surface area (Å²) in [6.07, 6.45) is 0.358. The molecule has 1 amide bonds. The van der Waals surface area contributed by atoms with E-state index in [1.807, 2.05) is 36.1 Å². The van der Waals surface area contributed by atoms with Crippen LogP contribution in [0.25, 0.3) is 11.4 Å². The Hall–Kier alpha value is -3.02. The summed E-state index contributed by atoms with van der Waals surface area (Å²) >= 11 is 0. The van der Waals surface area contributed by atoms with Crippen molar-refractivity contribution in [1.82, 2.24) is 15.0 Å². The lowest BCUT2D eigenvalue weighted by Crippen LogP contribution is -2.24. The standard InChI is InChI=1S/C20H18FN3O2/c1-13-2-4-14(5-3-13)11-24-12-16(10-18(24)25)20-22-19(23-26-20)15-6-8-17(21)9-7-15/h2-9,16H,10-12H2,1H3. The van der Waals surface area contributed by atoms with Gasteiger partial charge in [-0.2, -0.15) is 4.98 Å². The highest BCUT2D eigenvalue weighted by atomic mass is 19.1. The molecule has 1 aliphatic heterocycles. The van der Waals surface area contributed by atoms with Crippen molar-refractivity contribution in [3.05, 3.63) is 71.4 Å². The predicted octanol–water partition coefficient (Wildman–Crippen LogP) is 3.70. The number of benzene rings is 2. The van der Waals surface area contributed by atoms with Gasteiger partial charge in [0.2, 0.25) is 17.6 Å². The smallest absolute Gasteiger partial charge is 0.232 e. The van der Waals surface area contributed by atoms with Crippen molar-refractivity contribution in [2.75, 3.05) is 6.54 Å². The Morgan fingerprint density at radius 3 is 2.62 bits per heavy atom. The first kappa shape index (κ1) is 16.4. The summed E-state index contributed by atoms with van der Waals surface area (Å²) in [7, 11) is 0. The van der Waals surface area contributed by atoms with E-state index in [1.165, 1.54) is 17.7 Å². The molecule has 26 heavy (non-hydrogen) atoms. The van der Waals surface area contributed by atoms with Gasteiger partial charge in [-0.15, -0.1) is 0 Å². The molecule has 1 aliphatic rings. The van der Waals surface area contributed by atoms with Gasteiger partial charge in [0, 0.05) is 25.1 Å². The van der Waals surface area contributed by atoms with Crippen molar-refractivity contribution in [3.63, 3.8) is 0 Å². The van der Waals surface area contributed by atoms with E-state index in [0.717, 1.165) is 5.56 Å². The van der Waals surface area contributed by atoms with Gasteiger partial charge in [-0.1, -0.05) is 35.0 Å². The minimum Gasteiger partial charge on any atom is -0.339 e. The number of hydrogen-bond donors (Lipinski definition) is 0. The van der Waals surface area contributed by atoms with Crippen LogP contribution in [0.5, 0.6) is 0 Å². The number of carbonyl (C=O) groups is 1. The molecule has 0 bridgehead atoms. The predicted molar refractivity (Wildman–Crippen MR) is 93.6 cm³/mol. The average molecular weight is 351 g/mol. The number of halogens is 1. The maximum Gasteiger partial charge on any atom is 0.232 e. The van der Waals surface area contributed by atoms with E-state index in [9.17, 15) is 9.18 Å². The number of likely N-dealkylation sites (tertiary alicyclic amines) is 1. The van der Waals surface area contributed by atoms with E-state index in [1.54, 1.807) is 12.1 Å². The quantitative estimate of drug-likeness (QED) is 0.719. The molecule has 0 saturated carbocycles. The number of aryl methyl sites for hydroxylation is 1. The monoisotopic (exact) mass is 351 g/mol. The maximum atomic E-state index is 13.0. The van der Waals surface area contributed by atoms with Gasteiger partial charge in [0.05, 0.1) is 5.92 Å². The minimum absolute atomic E-state index is 0.0807. The van der Waals surface area contributed by atoms with Crippen molar-refractivity contribution < 1.29 is 13.7 Å². The Labute approximate surface area is 150 Å². The van der Waals surface area contributed by atoms with Crippen molar-refractivity contribution in [3.8, 4) is 11.4 Å². The zero-order chi connectivity index (χ0) is 18.1. The molecule has 6 heteroatoms. The molecule has 0 N–H and O–H groups in total.